The van der Waals surface area contributed by atoms with Crippen molar-refractivity contribution in [2.75, 3.05) is 11.9 Å². The Morgan fingerprint density at radius 1 is 1.00 bits per heavy atom. The van der Waals surface area contributed by atoms with Gasteiger partial charge < -0.3 is 5.32 Å². The van der Waals surface area contributed by atoms with E-state index in [4.69, 9.17) is 28.3 Å². The number of halogens is 2. The summed E-state index contributed by atoms with van der Waals surface area (Å²) in [5.74, 6) is 1.08. The van der Waals surface area contributed by atoms with E-state index >= 15 is 0 Å². The van der Waals surface area contributed by atoms with E-state index < -0.39 is 0 Å². The van der Waals surface area contributed by atoms with Crippen molar-refractivity contribution in [1.82, 2.24) is 9.78 Å². The van der Waals surface area contributed by atoms with Gasteiger partial charge in [0.05, 0.1) is 11.4 Å². The minimum atomic E-state index is 0.714. The standard InChI is InChI=1S/C20H19Cl2N3/c1-13-5-8-16(22)12-18(13)25-20-17(4-2-3-11-23-20)19(24-25)14-6-9-15(21)10-7-14/h5-10,12,23H,2-4,11H2,1H3. The summed E-state index contributed by atoms with van der Waals surface area (Å²) < 4.78 is 2.01. The first kappa shape index (κ1) is 16.5. The van der Waals surface area contributed by atoms with E-state index in [-0.39, 0.29) is 0 Å². The summed E-state index contributed by atoms with van der Waals surface area (Å²) in [5, 5.41) is 9.98. The fourth-order valence-corrected chi connectivity index (χ4v) is 3.62. The van der Waals surface area contributed by atoms with Gasteiger partial charge in [0.25, 0.3) is 0 Å². The number of benzene rings is 2. The molecule has 25 heavy (non-hydrogen) atoms. The quantitative estimate of drug-likeness (QED) is 0.607. The molecule has 0 spiro atoms. The Morgan fingerprint density at radius 3 is 2.56 bits per heavy atom. The van der Waals surface area contributed by atoms with Crippen molar-refractivity contribution in [2.24, 2.45) is 0 Å². The number of hydrogen-bond acceptors (Lipinski definition) is 2. The van der Waals surface area contributed by atoms with Crippen molar-refractivity contribution in [3.05, 3.63) is 63.6 Å². The van der Waals surface area contributed by atoms with Gasteiger partial charge in [-0.05, 0) is 56.0 Å². The summed E-state index contributed by atoms with van der Waals surface area (Å²) >= 11 is 12.3. The molecule has 1 N–H and O–H groups in total. The van der Waals surface area contributed by atoms with Crippen LogP contribution in [0.15, 0.2) is 42.5 Å². The lowest BCUT2D eigenvalue weighted by Gasteiger charge is -2.12. The van der Waals surface area contributed by atoms with Gasteiger partial charge in [0, 0.05) is 27.7 Å². The monoisotopic (exact) mass is 371 g/mol. The molecule has 0 saturated carbocycles. The maximum absolute atomic E-state index is 6.25. The molecule has 0 radical (unpaired) electrons. The zero-order valence-corrected chi connectivity index (χ0v) is 15.5. The predicted octanol–water partition coefficient (Wildman–Crippen LogP) is 5.90. The van der Waals surface area contributed by atoms with Crippen LogP contribution in [0.2, 0.25) is 10.0 Å². The molecular weight excluding hydrogens is 353 g/mol. The number of rotatable bonds is 2. The lowest BCUT2D eigenvalue weighted by molar-refractivity contribution is 0.779. The van der Waals surface area contributed by atoms with E-state index in [1.165, 1.54) is 5.56 Å². The Labute approximate surface area is 157 Å². The fourth-order valence-electron chi connectivity index (χ4n) is 3.33. The summed E-state index contributed by atoms with van der Waals surface area (Å²) in [6, 6.07) is 13.8. The molecule has 0 saturated heterocycles. The molecule has 0 atom stereocenters. The minimum Gasteiger partial charge on any atom is -0.370 e. The Bertz CT molecular complexity index is 913. The highest BCUT2D eigenvalue weighted by molar-refractivity contribution is 6.31. The van der Waals surface area contributed by atoms with E-state index in [0.717, 1.165) is 59.2 Å². The summed E-state index contributed by atoms with van der Waals surface area (Å²) in [4.78, 5) is 0. The summed E-state index contributed by atoms with van der Waals surface area (Å²) in [6.45, 7) is 3.04. The fraction of sp³-hybridized carbons (Fsp3) is 0.250. The second-order valence-corrected chi connectivity index (χ2v) is 7.28. The number of anilines is 1. The highest BCUT2D eigenvalue weighted by Crippen LogP contribution is 2.35. The van der Waals surface area contributed by atoms with Crippen molar-refractivity contribution < 1.29 is 0 Å². The van der Waals surface area contributed by atoms with Crippen LogP contribution in [-0.2, 0) is 6.42 Å². The molecule has 2 heterocycles. The third-order valence-corrected chi connectivity index (χ3v) is 5.13. The molecule has 1 aliphatic rings. The molecule has 1 aliphatic heterocycles. The van der Waals surface area contributed by atoms with Crippen LogP contribution in [0.25, 0.3) is 16.9 Å². The maximum Gasteiger partial charge on any atom is 0.133 e. The molecule has 0 bridgehead atoms. The van der Waals surface area contributed by atoms with Gasteiger partial charge in [0.2, 0.25) is 0 Å². The first-order valence-electron chi connectivity index (χ1n) is 8.52. The molecule has 1 aromatic heterocycles. The van der Waals surface area contributed by atoms with Crippen molar-refractivity contribution >= 4 is 29.0 Å². The SMILES string of the molecule is Cc1ccc(Cl)cc1-n1nc(-c2ccc(Cl)cc2)c2c1NCCCC2. The van der Waals surface area contributed by atoms with Crippen LogP contribution in [0.5, 0.6) is 0 Å². The first-order chi connectivity index (χ1) is 12.1. The Kier molecular flexibility index (Phi) is 4.45. The number of nitrogens with one attached hydrogen (secondary N) is 1. The van der Waals surface area contributed by atoms with Crippen LogP contribution in [0, 0.1) is 6.92 Å². The van der Waals surface area contributed by atoms with E-state index in [1.54, 1.807) is 0 Å². The molecular formula is C20H19Cl2N3. The molecule has 4 rings (SSSR count). The number of fused-ring (bicyclic) bond motifs is 1. The van der Waals surface area contributed by atoms with Gasteiger partial charge in [0.1, 0.15) is 5.82 Å². The minimum absolute atomic E-state index is 0.714. The van der Waals surface area contributed by atoms with Gasteiger partial charge in [-0.2, -0.15) is 5.10 Å². The number of aryl methyl sites for hydroxylation is 1. The first-order valence-corrected chi connectivity index (χ1v) is 9.27. The second kappa shape index (κ2) is 6.74. The van der Waals surface area contributed by atoms with Gasteiger partial charge in [-0.15, -0.1) is 0 Å². The van der Waals surface area contributed by atoms with Gasteiger partial charge in [0.15, 0.2) is 0 Å². The van der Waals surface area contributed by atoms with Crippen molar-refractivity contribution in [2.45, 2.75) is 26.2 Å². The third-order valence-electron chi connectivity index (χ3n) is 4.65. The lowest BCUT2D eigenvalue weighted by Crippen LogP contribution is -2.08. The van der Waals surface area contributed by atoms with Crippen molar-refractivity contribution in [3.63, 3.8) is 0 Å². The predicted molar refractivity (Wildman–Crippen MR) is 105 cm³/mol. The normalized spacial score (nSPS) is 13.9. The van der Waals surface area contributed by atoms with E-state index in [9.17, 15) is 0 Å². The van der Waals surface area contributed by atoms with Gasteiger partial charge in [-0.3, -0.25) is 0 Å². The van der Waals surface area contributed by atoms with Crippen LogP contribution in [0.4, 0.5) is 5.82 Å². The summed E-state index contributed by atoms with van der Waals surface area (Å²) in [5.41, 5.74) is 5.52. The topological polar surface area (TPSA) is 29.9 Å². The smallest absolute Gasteiger partial charge is 0.133 e. The second-order valence-electron chi connectivity index (χ2n) is 6.41. The molecule has 0 fully saturated rings. The molecule has 3 nitrogen and oxygen atoms in total. The highest BCUT2D eigenvalue weighted by Gasteiger charge is 2.22. The molecule has 3 aromatic rings. The lowest BCUT2D eigenvalue weighted by atomic mass is 10.0. The largest absolute Gasteiger partial charge is 0.370 e. The average molecular weight is 372 g/mol. The van der Waals surface area contributed by atoms with E-state index in [0.29, 0.717) is 5.02 Å². The number of nitrogens with zero attached hydrogens (tertiary/aromatic N) is 2. The Hall–Kier alpha value is -1.97. The van der Waals surface area contributed by atoms with Gasteiger partial charge in [-0.1, -0.05) is 41.4 Å². The van der Waals surface area contributed by atoms with Crippen LogP contribution >= 0.6 is 23.2 Å². The Balaban J connectivity index is 1.93. The number of aromatic nitrogens is 2. The third kappa shape index (κ3) is 3.14. The molecule has 0 aliphatic carbocycles. The summed E-state index contributed by atoms with van der Waals surface area (Å²) in [6.07, 6.45) is 3.32. The zero-order valence-electron chi connectivity index (χ0n) is 14.0. The molecule has 2 aromatic carbocycles. The van der Waals surface area contributed by atoms with E-state index in [2.05, 4.69) is 12.2 Å². The molecule has 5 heteroatoms. The van der Waals surface area contributed by atoms with Crippen LogP contribution in [0.3, 0.4) is 0 Å². The Morgan fingerprint density at radius 2 is 1.76 bits per heavy atom. The highest BCUT2D eigenvalue weighted by atomic mass is 35.5. The van der Waals surface area contributed by atoms with Crippen molar-refractivity contribution in [1.29, 1.82) is 0 Å². The average Bonchev–Trinajstić information content (AvgIpc) is 2.79. The van der Waals surface area contributed by atoms with Gasteiger partial charge in [-0.25, -0.2) is 4.68 Å². The van der Waals surface area contributed by atoms with Crippen molar-refractivity contribution in [3.8, 4) is 16.9 Å². The van der Waals surface area contributed by atoms with Crippen LogP contribution in [-0.4, -0.2) is 16.3 Å². The maximum atomic E-state index is 6.25. The number of hydrogen-bond donors (Lipinski definition) is 1. The van der Waals surface area contributed by atoms with Crippen LogP contribution in [0.1, 0.15) is 24.0 Å². The van der Waals surface area contributed by atoms with Crippen LogP contribution < -0.4 is 5.32 Å². The molecule has 0 amide bonds. The zero-order chi connectivity index (χ0) is 17.4. The van der Waals surface area contributed by atoms with Gasteiger partial charge >= 0.3 is 0 Å². The summed E-state index contributed by atoms with van der Waals surface area (Å²) in [7, 11) is 0. The molecule has 0 unspecified atom stereocenters. The van der Waals surface area contributed by atoms with E-state index in [1.807, 2.05) is 47.1 Å². The molecule has 128 valence electrons.